The van der Waals surface area contributed by atoms with E-state index in [4.69, 9.17) is 11.6 Å². The predicted octanol–water partition coefficient (Wildman–Crippen LogP) is 4.22. The monoisotopic (exact) mass is 325 g/mol. The molecule has 0 aliphatic carbocycles. The van der Waals surface area contributed by atoms with E-state index in [9.17, 15) is 0 Å². The molecule has 0 amide bonds. The van der Waals surface area contributed by atoms with Crippen LogP contribution in [0, 0.1) is 6.92 Å². The van der Waals surface area contributed by atoms with Gasteiger partial charge in [-0.2, -0.15) is 0 Å². The summed E-state index contributed by atoms with van der Waals surface area (Å²) in [5, 5.41) is 0.437. The molecule has 2 rings (SSSR count). The van der Waals surface area contributed by atoms with Crippen molar-refractivity contribution in [2.24, 2.45) is 0 Å². The topological polar surface area (TPSA) is 38.7 Å². The van der Waals surface area contributed by atoms with Gasteiger partial charge in [0.1, 0.15) is 10.8 Å². The molecule has 0 N–H and O–H groups in total. The Bertz CT molecular complexity index is 572. The summed E-state index contributed by atoms with van der Waals surface area (Å²) in [6.45, 7) is 4.05. The lowest BCUT2D eigenvalue weighted by molar-refractivity contribution is 0.866. The number of rotatable bonds is 3. The van der Waals surface area contributed by atoms with E-state index < -0.39 is 0 Å². The van der Waals surface area contributed by atoms with Gasteiger partial charge in [0.2, 0.25) is 0 Å². The standard InChI is InChI=1S/C13H13BrClN3/c1-3-5-9-11(14)12(15)18-13(17-9)10-7-4-6-8(2)16-10/h4,6-7H,3,5H2,1-2H3. The van der Waals surface area contributed by atoms with Gasteiger partial charge in [-0.25, -0.2) is 15.0 Å². The van der Waals surface area contributed by atoms with Gasteiger partial charge in [-0.05, 0) is 41.4 Å². The third kappa shape index (κ3) is 2.87. The second-order valence-electron chi connectivity index (χ2n) is 4.01. The van der Waals surface area contributed by atoms with Gasteiger partial charge >= 0.3 is 0 Å². The van der Waals surface area contributed by atoms with Crippen molar-refractivity contribution in [2.45, 2.75) is 26.7 Å². The van der Waals surface area contributed by atoms with Crippen molar-refractivity contribution in [1.82, 2.24) is 15.0 Å². The summed E-state index contributed by atoms with van der Waals surface area (Å²) in [5.41, 5.74) is 2.62. The quantitative estimate of drug-likeness (QED) is 0.793. The summed E-state index contributed by atoms with van der Waals surface area (Å²) in [6.07, 6.45) is 1.87. The van der Waals surface area contributed by atoms with Crippen LogP contribution in [-0.2, 0) is 6.42 Å². The number of aryl methyl sites for hydroxylation is 2. The van der Waals surface area contributed by atoms with Crippen LogP contribution in [0.25, 0.3) is 11.5 Å². The Balaban J connectivity index is 2.51. The fourth-order valence-corrected chi connectivity index (χ4v) is 2.21. The molecule has 0 fully saturated rings. The van der Waals surface area contributed by atoms with E-state index in [1.54, 1.807) is 0 Å². The Morgan fingerprint density at radius 1 is 1.22 bits per heavy atom. The molecule has 18 heavy (non-hydrogen) atoms. The molecule has 0 aliphatic heterocycles. The highest BCUT2D eigenvalue weighted by atomic mass is 79.9. The van der Waals surface area contributed by atoms with Crippen molar-refractivity contribution >= 4 is 27.5 Å². The van der Waals surface area contributed by atoms with Gasteiger partial charge in [-0.15, -0.1) is 0 Å². The zero-order valence-corrected chi connectivity index (χ0v) is 12.6. The SMILES string of the molecule is CCCc1nc(-c2cccc(C)n2)nc(Cl)c1Br. The third-order valence-electron chi connectivity index (χ3n) is 2.48. The summed E-state index contributed by atoms with van der Waals surface area (Å²) in [4.78, 5) is 13.2. The number of hydrogen-bond donors (Lipinski definition) is 0. The molecule has 94 valence electrons. The first kappa shape index (κ1) is 13.4. The van der Waals surface area contributed by atoms with Crippen molar-refractivity contribution in [1.29, 1.82) is 0 Å². The zero-order valence-electron chi connectivity index (χ0n) is 10.2. The molecule has 0 bridgehead atoms. The molecule has 0 saturated carbocycles. The molecule has 2 aromatic rings. The van der Waals surface area contributed by atoms with Gasteiger partial charge in [0.15, 0.2) is 5.82 Å². The largest absolute Gasteiger partial charge is 0.250 e. The first-order valence-electron chi connectivity index (χ1n) is 5.77. The van der Waals surface area contributed by atoms with Crippen LogP contribution in [0.5, 0.6) is 0 Å². The molecule has 0 radical (unpaired) electrons. The Hall–Kier alpha value is -1.00. The van der Waals surface area contributed by atoms with E-state index in [-0.39, 0.29) is 0 Å². The summed E-state index contributed by atoms with van der Waals surface area (Å²) in [6, 6.07) is 5.77. The molecule has 2 aromatic heterocycles. The summed E-state index contributed by atoms with van der Waals surface area (Å²) >= 11 is 9.54. The minimum atomic E-state index is 0.437. The molecule has 3 nitrogen and oxygen atoms in total. The maximum absolute atomic E-state index is 6.12. The minimum absolute atomic E-state index is 0.437. The van der Waals surface area contributed by atoms with Gasteiger partial charge in [-0.1, -0.05) is 31.0 Å². The van der Waals surface area contributed by atoms with Gasteiger partial charge in [0.05, 0.1) is 10.2 Å². The number of hydrogen-bond acceptors (Lipinski definition) is 3. The number of nitrogens with zero attached hydrogens (tertiary/aromatic N) is 3. The van der Waals surface area contributed by atoms with Crippen molar-refractivity contribution in [2.75, 3.05) is 0 Å². The number of halogens is 2. The van der Waals surface area contributed by atoms with E-state index in [2.05, 4.69) is 37.8 Å². The molecule has 5 heteroatoms. The van der Waals surface area contributed by atoms with Crippen LogP contribution in [0.1, 0.15) is 24.7 Å². The van der Waals surface area contributed by atoms with E-state index in [1.165, 1.54) is 0 Å². The second-order valence-corrected chi connectivity index (χ2v) is 5.16. The van der Waals surface area contributed by atoms with Crippen LogP contribution in [0.4, 0.5) is 0 Å². The zero-order chi connectivity index (χ0) is 13.1. The van der Waals surface area contributed by atoms with Crippen molar-refractivity contribution in [3.63, 3.8) is 0 Å². The van der Waals surface area contributed by atoms with Crippen LogP contribution in [0.15, 0.2) is 22.7 Å². The highest BCUT2D eigenvalue weighted by molar-refractivity contribution is 9.10. The van der Waals surface area contributed by atoms with Crippen LogP contribution in [-0.4, -0.2) is 15.0 Å². The van der Waals surface area contributed by atoms with Crippen LogP contribution in [0.3, 0.4) is 0 Å². The summed E-state index contributed by atoms with van der Waals surface area (Å²) < 4.78 is 0.780. The van der Waals surface area contributed by atoms with Crippen LogP contribution < -0.4 is 0 Å². The molecule has 0 unspecified atom stereocenters. The highest BCUT2D eigenvalue weighted by Gasteiger charge is 2.12. The first-order chi connectivity index (χ1) is 8.61. The summed E-state index contributed by atoms with van der Waals surface area (Å²) in [5.74, 6) is 0.579. The van der Waals surface area contributed by atoms with Gasteiger partial charge in [0, 0.05) is 5.69 Å². The minimum Gasteiger partial charge on any atom is -0.250 e. The van der Waals surface area contributed by atoms with Gasteiger partial charge < -0.3 is 0 Å². The lowest BCUT2D eigenvalue weighted by atomic mass is 10.2. The Labute approximate surface area is 120 Å². The van der Waals surface area contributed by atoms with E-state index in [1.807, 2.05) is 25.1 Å². The Morgan fingerprint density at radius 2 is 2.00 bits per heavy atom. The van der Waals surface area contributed by atoms with Crippen molar-refractivity contribution in [3.8, 4) is 11.5 Å². The summed E-state index contributed by atoms with van der Waals surface area (Å²) in [7, 11) is 0. The molecule has 2 heterocycles. The average Bonchev–Trinajstić information content (AvgIpc) is 2.35. The maximum atomic E-state index is 6.12. The van der Waals surface area contributed by atoms with Crippen LogP contribution in [0.2, 0.25) is 5.15 Å². The normalized spacial score (nSPS) is 10.7. The lowest BCUT2D eigenvalue weighted by Crippen LogP contribution is -2.00. The smallest absolute Gasteiger partial charge is 0.179 e. The van der Waals surface area contributed by atoms with E-state index in [0.717, 1.165) is 34.4 Å². The van der Waals surface area contributed by atoms with Gasteiger partial charge in [0.25, 0.3) is 0 Å². The molecule has 0 spiro atoms. The molecule has 0 aromatic carbocycles. The molecule has 0 aliphatic rings. The maximum Gasteiger partial charge on any atom is 0.179 e. The lowest BCUT2D eigenvalue weighted by Gasteiger charge is -2.07. The number of pyridine rings is 1. The van der Waals surface area contributed by atoms with Crippen molar-refractivity contribution in [3.05, 3.63) is 39.2 Å². The van der Waals surface area contributed by atoms with Crippen molar-refractivity contribution < 1.29 is 0 Å². The van der Waals surface area contributed by atoms with Crippen LogP contribution >= 0.6 is 27.5 Å². The molecular formula is C13H13BrClN3. The first-order valence-corrected chi connectivity index (χ1v) is 6.95. The fourth-order valence-electron chi connectivity index (χ4n) is 1.65. The second kappa shape index (κ2) is 5.76. The average molecular weight is 327 g/mol. The van der Waals surface area contributed by atoms with Gasteiger partial charge in [-0.3, -0.25) is 0 Å². The molecule has 0 atom stereocenters. The molecular weight excluding hydrogens is 314 g/mol. The predicted molar refractivity (Wildman–Crippen MR) is 76.7 cm³/mol. The number of aromatic nitrogens is 3. The fraction of sp³-hybridized carbons (Fsp3) is 0.308. The Morgan fingerprint density at radius 3 is 2.67 bits per heavy atom. The highest BCUT2D eigenvalue weighted by Crippen LogP contribution is 2.27. The van der Waals surface area contributed by atoms with E-state index >= 15 is 0 Å². The Kier molecular flexibility index (Phi) is 4.30. The third-order valence-corrected chi connectivity index (χ3v) is 3.82. The van der Waals surface area contributed by atoms with E-state index in [0.29, 0.717) is 11.0 Å². The molecule has 0 saturated heterocycles.